The normalized spacial score (nSPS) is 10.7. The van der Waals surface area contributed by atoms with E-state index in [1.807, 2.05) is 73.7 Å². The number of thiophene rings is 1. The first-order valence-electron chi connectivity index (χ1n) is 12.6. The molecule has 0 saturated heterocycles. The molecule has 0 fully saturated rings. The number of nitrogens with one attached hydrogen (secondary N) is 2. The van der Waals surface area contributed by atoms with Crippen molar-refractivity contribution in [3.63, 3.8) is 0 Å². The minimum absolute atomic E-state index is 0.291. The van der Waals surface area contributed by atoms with E-state index in [1.54, 1.807) is 17.5 Å². The van der Waals surface area contributed by atoms with E-state index in [0.717, 1.165) is 44.6 Å². The molecular formula is C32H29N5OS. The lowest BCUT2D eigenvalue weighted by Crippen LogP contribution is -2.19. The predicted molar refractivity (Wildman–Crippen MR) is 163 cm³/mol. The highest BCUT2D eigenvalue weighted by Crippen LogP contribution is 2.38. The summed E-state index contributed by atoms with van der Waals surface area (Å²) in [4.78, 5) is 19.0. The molecule has 39 heavy (non-hydrogen) atoms. The summed E-state index contributed by atoms with van der Waals surface area (Å²) in [5, 5.41) is 8.73. The second-order valence-electron chi connectivity index (χ2n) is 9.40. The molecule has 0 saturated carbocycles. The van der Waals surface area contributed by atoms with Gasteiger partial charge in [0, 0.05) is 35.1 Å². The lowest BCUT2D eigenvalue weighted by Gasteiger charge is -2.12. The third kappa shape index (κ3) is 6.44. The molecule has 0 aliphatic rings. The van der Waals surface area contributed by atoms with E-state index in [1.165, 1.54) is 5.56 Å². The van der Waals surface area contributed by atoms with Gasteiger partial charge in [-0.05, 0) is 60.3 Å². The molecule has 5 rings (SSSR count). The monoisotopic (exact) mass is 531 g/mol. The number of nitrogens with zero attached hydrogens (tertiary/aromatic N) is 2. The molecule has 0 radical (unpaired) electrons. The van der Waals surface area contributed by atoms with Crippen molar-refractivity contribution in [1.82, 2.24) is 9.88 Å². The van der Waals surface area contributed by atoms with Gasteiger partial charge in [-0.3, -0.25) is 4.90 Å². The van der Waals surface area contributed by atoms with Crippen LogP contribution in [0, 0.1) is 18.8 Å². The van der Waals surface area contributed by atoms with Crippen molar-refractivity contribution >= 4 is 44.6 Å². The van der Waals surface area contributed by atoms with E-state index < -0.39 is 0 Å². The first-order chi connectivity index (χ1) is 19.0. The van der Waals surface area contributed by atoms with E-state index in [2.05, 4.69) is 56.9 Å². The zero-order chi connectivity index (χ0) is 27.2. The summed E-state index contributed by atoms with van der Waals surface area (Å²) < 4.78 is 1.02. The van der Waals surface area contributed by atoms with Crippen molar-refractivity contribution in [2.75, 3.05) is 30.0 Å². The lowest BCUT2D eigenvalue weighted by molar-refractivity contribution is 0.262. The van der Waals surface area contributed by atoms with Gasteiger partial charge in [-0.1, -0.05) is 66.4 Å². The highest BCUT2D eigenvalue weighted by atomic mass is 32.1. The molecule has 0 aliphatic carbocycles. The molecule has 4 N–H and O–H groups in total. The van der Waals surface area contributed by atoms with Crippen LogP contribution in [-0.4, -0.2) is 29.5 Å². The lowest BCUT2D eigenvalue weighted by atomic mass is 10.0. The van der Waals surface area contributed by atoms with Gasteiger partial charge in [-0.15, -0.1) is 11.3 Å². The fraction of sp³-hybridized carbons (Fsp3) is 0.125. The van der Waals surface area contributed by atoms with Gasteiger partial charge < -0.3 is 16.4 Å². The summed E-state index contributed by atoms with van der Waals surface area (Å²) in [6.07, 6.45) is 1.75. The number of nitrogen functional groups attached to an aromatic ring is 1. The molecule has 7 heteroatoms. The number of nitrogens with two attached hydrogens (primary N) is 1. The van der Waals surface area contributed by atoms with Crippen LogP contribution < -0.4 is 16.4 Å². The van der Waals surface area contributed by atoms with Gasteiger partial charge >= 0.3 is 6.03 Å². The molecule has 5 aromatic rings. The van der Waals surface area contributed by atoms with E-state index in [9.17, 15) is 4.79 Å². The van der Waals surface area contributed by atoms with Gasteiger partial charge in [0.05, 0.1) is 16.8 Å². The molecule has 2 heterocycles. The van der Waals surface area contributed by atoms with Gasteiger partial charge in [-0.2, -0.15) is 0 Å². The van der Waals surface area contributed by atoms with E-state index >= 15 is 0 Å². The predicted octanol–water partition coefficient (Wildman–Crippen LogP) is 6.98. The second kappa shape index (κ2) is 11.8. The van der Waals surface area contributed by atoms with Crippen molar-refractivity contribution in [1.29, 1.82) is 0 Å². The highest BCUT2D eigenvalue weighted by molar-refractivity contribution is 7.18. The van der Waals surface area contributed by atoms with Crippen LogP contribution in [0.1, 0.15) is 16.7 Å². The number of aryl methyl sites for hydroxylation is 1. The second-order valence-corrected chi connectivity index (χ2v) is 10.3. The Morgan fingerprint density at radius 1 is 1.00 bits per heavy atom. The maximum absolute atomic E-state index is 12.4. The van der Waals surface area contributed by atoms with Crippen LogP contribution in [0.15, 0.2) is 90.4 Å². The SMILES string of the molecule is Cc1cccc(NC(=O)Nc2ccc(-c3csc4c(C#CCN(C)Cc5ccccc5)cnc(N)c34)cc2)c1. The number of urea groups is 1. The Balaban J connectivity index is 1.29. The number of hydrogen-bond donors (Lipinski definition) is 3. The van der Waals surface area contributed by atoms with Crippen LogP contribution in [0.3, 0.4) is 0 Å². The average Bonchev–Trinajstić information content (AvgIpc) is 3.37. The number of carbonyl (C=O) groups is 1. The zero-order valence-corrected chi connectivity index (χ0v) is 22.7. The molecule has 0 aliphatic heterocycles. The summed E-state index contributed by atoms with van der Waals surface area (Å²) in [5.41, 5.74) is 13.0. The largest absolute Gasteiger partial charge is 0.383 e. The van der Waals surface area contributed by atoms with Crippen molar-refractivity contribution in [3.8, 4) is 23.0 Å². The van der Waals surface area contributed by atoms with Crippen molar-refractivity contribution < 1.29 is 4.79 Å². The van der Waals surface area contributed by atoms with E-state index in [0.29, 0.717) is 18.1 Å². The van der Waals surface area contributed by atoms with Gasteiger partial charge in [0.2, 0.25) is 0 Å². The molecule has 3 aromatic carbocycles. The summed E-state index contributed by atoms with van der Waals surface area (Å²) in [6, 6.07) is 25.4. The number of fused-ring (bicyclic) bond motifs is 1. The molecule has 194 valence electrons. The number of carbonyl (C=O) groups excluding carboxylic acids is 1. The van der Waals surface area contributed by atoms with Crippen LogP contribution in [-0.2, 0) is 6.54 Å². The summed E-state index contributed by atoms with van der Waals surface area (Å²) in [7, 11) is 2.06. The van der Waals surface area contributed by atoms with Crippen LogP contribution in [0.4, 0.5) is 22.0 Å². The third-order valence-electron chi connectivity index (χ3n) is 6.22. The van der Waals surface area contributed by atoms with Crippen LogP contribution in [0.5, 0.6) is 0 Å². The molecule has 0 bridgehead atoms. The number of rotatable bonds is 6. The number of amides is 2. The minimum Gasteiger partial charge on any atom is -0.383 e. The Bertz CT molecular complexity index is 1670. The summed E-state index contributed by atoms with van der Waals surface area (Å²) in [5.74, 6) is 7.06. The molecule has 6 nitrogen and oxygen atoms in total. The molecule has 2 aromatic heterocycles. The Morgan fingerprint density at radius 3 is 2.54 bits per heavy atom. The number of aromatic nitrogens is 1. The smallest absolute Gasteiger partial charge is 0.323 e. The van der Waals surface area contributed by atoms with Crippen molar-refractivity contribution in [2.24, 2.45) is 0 Å². The average molecular weight is 532 g/mol. The Kier molecular flexibility index (Phi) is 7.88. The standard InChI is InChI=1S/C32H29N5OS/c1-22-8-6-12-27(18-22)36-32(38)35-26-15-13-24(14-16-26)28-21-39-30-25(19-34-31(33)29(28)30)11-7-17-37(2)20-23-9-4-3-5-10-23/h3-6,8-10,12-16,18-19,21H,17,20H2,1-2H3,(H2,33,34)(H2,35,36,38). The quantitative estimate of drug-likeness (QED) is 0.206. The first kappa shape index (κ1) is 26.0. The van der Waals surface area contributed by atoms with Gasteiger partial charge in [0.15, 0.2) is 0 Å². The highest BCUT2D eigenvalue weighted by Gasteiger charge is 2.14. The molecule has 0 spiro atoms. The number of hydrogen-bond acceptors (Lipinski definition) is 5. The Morgan fingerprint density at radius 2 is 1.77 bits per heavy atom. The summed E-state index contributed by atoms with van der Waals surface area (Å²) in [6.45, 7) is 3.47. The van der Waals surface area contributed by atoms with Gasteiger partial charge in [0.25, 0.3) is 0 Å². The number of benzene rings is 3. The molecule has 0 atom stereocenters. The maximum Gasteiger partial charge on any atom is 0.323 e. The van der Waals surface area contributed by atoms with E-state index in [-0.39, 0.29) is 6.03 Å². The molecule has 0 unspecified atom stereocenters. The first-order valence-corrected chi connectivity index (χ1v) is 13.5. The van der Waals surface area contributed by atoms with Crippen molar-refractivity contribution in [2.45, 2.75) is 13.5 Å². The fourth-order valence-electron chi connectivity index (χ4n) is 4.34. The zero-order valence-electron chi connectivity index (χ0n) is 21.9. The molecular weight excluding hydrogens is 502 g/mol. The van der Waals surface area contributed by atoms with Crippen LogP contribution in [0.25, 0.3) is 21.2 Å². The van der Waals surface area contributed by atoms with Crippen LogP contribution >= 0.6 is 11.3 Å². The van der Waals surface area contributed by atoms with Crippen molar-refractivity contribution in [3.05, 3.63) is 107 Å². The topological polar surface area (TPSA) is 83.3 Å². The van der Waals surface area contributed by atoms with Gasteiger partial charge in [0.1, 0.15) is 5.82 Å². The summed E-state index contributed by atoms with van der Waals surface area (Å²) >= 11 is 1.61. The Hall–Kier alpha value is -4.64. The Labute approximate surface area is 232 Å². The minimum atomic E-state index is -0.291. The number of pyridine rings is 1. The fourth-order valence-corrected chi connectivity index (χ4v) is 5.39. The van der Waals surface area contributed by atoms with Gasteiger partial charge in [-0.25, -0.2) is 9.78 Å². The van der Waals surface area contributed by atoms with Crippen LogP contribution in [0.2, 0.25) is 0 Å². The number of anilines is 3. The van der Waals surface area contributed by atoms with E-state index in [4.69, 9.17) is 5.73 Å². The molecule has 2 amide bonds. The maximum atomic E-state index is 12.4. The third-order valence-corrected chi connectivity index (χ3v) is 7.23.